The van der Waals surface area contributed by atoms with Gasteiger partial charge in [0.25, 0.3) is 5.91 Å². The first-order valence-corrected chi connectivity index (χ1v) is 10.8. The number of nitrogens with zero attached hydrogens (tertiary/aromatic N) is 2. The minimum Gasteiger partial charge on any atom is -0.497 e. The highest BCUT2D eigenvalue weighted by molar-refractivity contribution is 6.30. The summed E-state index contributed by atoms with van der Waals surface area (Å²) in [5.41, 5.74) is 5.54. The summed E-state index contributed by atoms with van der Waals surface area (Å²) in [5, 5.41) is 8.43. The molecule has 1 aliphatic rings. The van der Waals surface area contributed by atoms with Gasteiger partial charge in [-0.15, -0.1) is 0 Å². The summed E-state index contributed by atoms with van der Waals surface area (Å²) in [6, 6.07) is 15.0. The Hall–Kier alpha value is -3.51. The number of fused-ring (bicyclic) bond motifs is 3. The average molecular weight is 448 g/mol. The van der Waals surface area contributed by atoms with Crippen LogP contribution in [-0.2, 0) is 19.4 Å². The van der Waals surface area contributed by atoms with Crippen LogP contribution in [-0.4, -0.2) is 22.8 Å². The highest BCUT2D eigenvalue weighted by atomic mass is 35.5. The van der Waals surface area contributed by atoms with Crippen molar-refractivity contribution in [2.75, 3.05) is 12.4 Å². The lowest BCUT2D eigenvalue weighted by Crippen LogP contribution is -2.12. The molecular weight excluding hydrogens is 426 g/mol. The lowest BCUT2D eigenvalue weighted by Gasteiger charge is -2.09. The third kappa shape index (κ3) is 3.78. The van der Waals surface area contributed by atoms with Crippen molar-refractivity contribution < 1.29 is 13.9 Å². The van der Waals surface area contributed by atoms with Crippen molar-refractivity contribution >= 4 is 23.2 Å². The van der Waals surface area contributed by atoms with Gasteiger partial charge in [0.1, 0.15) is 11.5 Å². The number of hydrogen-bond donors (Lipinski definition) is 1. The summed E-state index contributed by atoms with van der Waals surface area (Å²) in [5.74, 6) is 1.58. The third-order valence-electron chi connectivity index (χ3n) is 5.70. The van der Waals surface area contributed by atoms with Gasteiger partial charge in [-0.3, -0.25) is 9.48 Å². The number of carbonyl (C=O) groups excluding carboxylic acids is 1. The topological polar surface area (TPSA) is 69.3 Å². The van der Waals surface area contributed by atoms with Crippen LogP contribution in [0.25, 0.3) is 11.3 Å². The van der Waals surface area contributed by atoms with Crippen molar-refractivity contribution in [1.82, 2.24) is 9.78 Å². The molecule has 0 unspecified atom stereocenters. The van der Waals surface area contributed by atoms with Crippen LogP contribution >= 0.6 is 11.6 Å². The van der Waals surface area contributed by atoms with Crippen LogP contribution in [0.4, 0.5) is 5.69 Å². The molecule has 2 aromatic carbocycles. The van der Waals surface area contributed by atoms with E-state index in [1.165, 1.54) is 0 Å². The number of hydrogen-bond acceptors (Lipinski definition) is 4. The van der Waals surface area contributed by atoms with E-state index in [-0.39, 0.29) is 5.91 Å². The number of furan rings is 1. The molecule has 0 saturated heterocycles. The summed E-state index contributed by atoms with van der Waals surface area (Å²) < 4.78 is 13.1. The van der Waals surface area contributed by atoms with Gasteiger partial charge in [-0.05, 0) is 60.9 Å². The summed E-state index contributed by atoms with van der Waals surface area (Å²) in [6.45, 7) is 2.54. The number of halogens is 1. The fraction of sp³-hybridized carbons (Fsp3) is 0.200. The summed E-state index contributed by atoms with van der Waals surface area (Å²) >= 11 is 6.12. The number of nitrogens with one attached hydrogen (secondary N) is 1. The Morgan fingerprint density at radius 1 is 1.22 bits per heavy atom. The van der Waals surface area contributed by atoms with E-state index in [0.29, 0.717) is 23.0 Å². The molecule has 0 saturated carbocycles. The SMILES string of the molecule is COc1ccc(NC(=O)c2oc3c(c2C)-c2nn(Cc4cccc(Cl)c4)cc2CC3)cc1. The maximum absolute atomic E-state index is 12.9. The lowest BCUT2D eigenvalue weighted by atomic mass is 9.93. The number of ether oxygens (including phenoxy) is 1. The fourth-order valence-electron chi connectivity index (χ4n) is 4.15. The molecule has 1 aliphatic carbocycles. The molecule has 0 fully saturated rings. The highest BCUT2D eigenvalue weighted by Crippen LogP contribution is 2.38. The maximum atomic E-state index is 12.9. The molecule has 32 heavy (non-hydrogen) atoms. The molecule has 4 aromatic rings. The molecule has 6 nitrogen and oxygen atoms in total. The predicted octanol–water partition coefficient (Wildman–Crippen LogP) is 5.51. The van der Waals surface area contributed by atoms with Crippen LogP contribution in [0.15, 0.2) is 59.1 Å². The highest BCUT2D eigenvalue weighted by Gasteiger charge is 2.29. The van der Waals surface area contributed by atoms with Crippen LogP contribution in [0.1, 0.15) is 33.0 Å². The van der Waals surface area contributed by atoms with E-state index in [1.807, 2.05) is 35.9 Å². The van der Waals surface area contributed by atoms with Gasteiger partial charge in [-0.1, -0.05) is 23.7 Å². The second-order valence-electron chi connectivity index (χ2n) is 7.87. The van der Waals surface area contributed by atoms with Crippen molar-refractivity contribution in [2.45, 2.75) is 26.3 Å². The van der Waals surface area contributed by atoms with Gasteiger partial charge in [0.15, 0.2) is 5.76 Å². The Balaban J connectivity index is 1.42. The molecule has 0 atom stereocenters. The largest absolute Gasteiger partial charge is 0.497 e. The van der Waals surface area contributed by atoms with Gasteiger partial charge < -0.3 is 14.5 Å². The molecule has 162 valence electrons. The first kappa shape index (κ1) is 20.4. The zero-order valence-corrected chi connectivity index (χ0v) is 18.6. The Kier molecular flexibility index (Phi) is 5.23. The first-order valence-electron chi connectivity index (χ1n) is 10.4. The fourth-order valence-corrected chi connectivity index (χ4v) is 4.36. The Morgan fingerprint density at radius 2 is 2.03 bits per heavy atom. The molecular formula is C25H22ClN3O3. The van der Waals surface area contributed by atoms with Crippen LogP contribution in [0.2, 0.25) is 5.02 Å². The zero-order chi connectivity index (χ0) is 22.2. The number of benzene rings is 2. The second-order valence-corrected chi connectivity index (χ2v) is 8.30. The molecule has 1 amide bonds. The maximum Gasteiger partial charge on any atom is 0.291 e. The number of amides is 1. The number of rotatable bonds is 5. The Bertz CT molecular complexity index is 1300. The summed E-state index contributed by atoms with van der Waals surface area (Å²) in [4.78, 5) is 12.9. The summed E-state index contributed by atoms with van der Waals surface area (Å²) in [7, 11) is 1.61. The van der Waals surface area contributed by atoms with Gasteiger partial charge in [-0.2, -0.15) is 5.10 Å². The van der Waals surface area contributed by atoms with E-state index in [9.17, 15) is 4.79 Å². The number of anilines is 1. The van der Waals surface area contributed by atoms with Gasteiger partial charge in [0.2, 0.25) is 0 Å². The van der Waals surface area contributed by atoms with Gasteiger partial charge >= 0.3 is 0 Å². The van der Waals surface area contributed by atoms with E-state index < -0.39 is 0 Å². The van der Waals surface area contributed by atoms with E-state index >= 15 is 0 Å². The van der Waals surface area contributed by atoms with Crippen molar-refractivity contribution in [2.24, 2.45) is 0 Å². The minimum atomic E-state index is -0.276. The van der Waals surface area contributed by atoms with Crippen LogP contribution in [0.3, 0.4) is 0 Å². The number of aromatic nitrogens is 2. The molecule has 7 heteroatoms. The number of methoxy groups -OCH3 is 1. The predicted molar refractivity (Wildman–Crippen MR) is 124 cm³/mol. The molecule has 2 heterocycles. The monoisotopic (exact) mass is 447 g/mol. The molecule has 0 spiro atoms. The second kappa shape index (κ2) is 8.20. The quantitative estimate of drug-likeness (QED) is 0.437. The smallest absolute Gasteiger partial charge is 0.291 e. The lowest BCUT2D eigenvalue weighted by molar-refractivity contribution is 0.0994. The molecule has 1 N–H and O–H groups in total. The Morgan fingerprint density at radius 3 is 2.78 bits per heavy atom. The molecule has 2 aromatic heterocycles. The van der Waals surface area contributed by atoms with E-state index in [4.69, 9.17) is 25.9 Å². The van der Waals surface area contributed by atoms with Crippen LogP contribution in [0, 0.1) is 6.92 Å². The van der Waals surface area contributed by atoms with Gasteiger partial charge in [0, 0.05) is 34.5 Å². The van der Waals surface area contributed by atoms with Crippen molar-refractivity contribution in [1.29, 1.82) is 0 Å². The van der Waals surface area contributed by atoms with E-state index in [0.717, 1.165) is 52.3 Å². The molecule has 5 rings (SSSR count). The van der Waals surface area contributed by atoms with Crippen molar-refractivity contribution in [3.05, 3.63) is 88.0 Å². The number of carbonyl (C=O) groups is 1. The summed E-state index contributed by atoms with van der Waals surface area (Å²) in [6.07, 6.45) is 3.63. The van der Waals surface area contributed by atoms with Crippen LogP contribution < -0.4 is 10.1 Å². The first-order chi connectivity index (χ1) is 15.5. The standard InChI is InChI=1S/C25H22ClN3O3/c1-15-22-21(32-24(15)25(30)27-19-7-9-20(31-2)10-8-19)11-6-17-14-29(28-23(17)22)13-16-4-3-5-18(26)12-16/h3-5,7-10,12,14H,6,11,13H2,1-2H3,(H,27,30). The average Bonchev–Trinajstić information content (AvgIpc) is 3.34. The van der Waals surface area contributed by atoms with Crippen molar-refractivity contribution in [3.8, 4) is 17.0 Å². The van der Waals surface area contributed by atoms with E-state index in [1.54, 1.807) is 31.4 Å². The number of aryl methyl sites for hydroxylation is 2. The van der Waals surface area contributed by atoms with Crippen LogP contribution in [0.5, 0.6) is 5.75 Å². The van der Waals surface area contributed by atoms with E-state index in [2.05, 4.69) is 11.5 Å². The van der Waals surface area contributed by atoms with Crippen molar-refractivity contribution in [3.63, 3.8) is 0 Å². The molecule has 0 bridgehead atoms. The zero-order valence-electron chi connectivity index (χ0n) is 17.8. The third-order valence-corrected chi connectivity index (χ3v) is 5.94. The van der Waals surface area contributed by atoms with Gasteiger partial charge in [-0.25, -0.2) is 0 Å². The normalized spacial score (nSPS) is 12.2. The Labute approximate surface area is 190 Å². The molecule has 0 aliphatic heterocycles. The molecule has 0 radical (unpaired) electrons. The van der Waals surface area contributed by atoms with Gasteiger partial charge in [0.05, 0.1) is 19.3 Å². The minimum absolute atomic E-state index is 0.276.